The molecule has 0 aliphatic carbocycles. The second-order valence-corrected chi connectivity index (χ2v) is 4.45. The first-order valence-electron chi connectivity index (χ1n) is 5.76. The lowest BCUT2D eigenvalue weighted by molar-refractivity contribution is 0.102. The summed E-state index contributed by atoms with van der Waals surface area (Å²) in [4.78, 5) is 12.1. The van der Waals surface area contributed by atoms with Gasteiger partial charge in [-0.3, -0.25) is 9.48 Å². The third-order valence-electron chi connectivity index (χ3n) is 2.69. The zero-order chi connectivity index (χ0) is 14.7. The lowest BCUT2D eigenvalue weighted by Gasteiger charge is -2.12. The first-order valence-corrected chi connectivity index (χ1v) is 6.14. The van der Waals surface area contributed by atoms with E-state index in [1.165, 1.54) is 20.4 Å². The minimum absolute atomic E-state index is 0.291. The number of amides is 1. The summed E-state index contributed by atoms with van der Waals surface area (Å²) in [6, 6.07) is 3.19. The monoisotopic (exact) mass is 295 g/mol. The van der Waals surface area contributed by atoms with Crippen LogP contribution in [0.1, 0.15) is 10.4 Å². The molecule has 1 aromatic heterocycles. The van der Waals surface area contributed by atoms with Crippen LogP contribution >= 0.6 is 11.6 Å². The molecule has 1 amide bonds. The van der Waals surface area contributed by atoms with Crippen molar-refractivity contribution in [2.24, 2.45) is 7.05 Å². The van der Waals surface area contributed by atoms with Crippen molar-refractivity contribution in [1.29, 1.82) is 0 Å². The number of hydrogen-bond donors (Lipinski definition) is 1. The van der Waals surface area contributed by atoms with E-state index < -0.39 is 0 Å². The summed E-state index contributed by atoms with van der Waals surface area (Å²) in [6.45, 7) is 0. The minimum atomic E-state index is -0.291. The van der Waals surface area contributed by atoms with Gasteiger partial charge < -0.3 is 14.8 Å². The van der Waals surface area contributed by atoms with Crippen molar-refractivity contribution in [1.82, 2.24) is 9.78 Å². The van der Waals surface area contributed by atoms with Gasteiger partial charge in [0.15, 0.2) is 0 Å². The first kappa shape index (κ1) is 14.2. The van der Waals surface area contributed by atoms with Crippen LogP contribution in [-0.2, 0) is 7.05 Å². The van der Waals surface area contributed by atoms with Crippen LogP contribution in [-0.4, -0.2) is 29.9 Å². The summed E-state index contributed by atoms with van der Waals surface area (Å²) < 4.78 is 11.9. The van der Waals surface area contributed by atoms with Crippen molar-refractivity contribution in [3.8, 4) is 11.5 Å². The van der Waals surface area contributed by atoms with Gasteiger partial charge in [-0.15, -0.1) is 0 Å². The maximum Gasteiger partial charge on any atom is 0.258 e. The number of nitrogens with zero attached hydrogens (tertiary/aromatic N) is 2. The fourth-order valence-corrected chi connectivity index (χ4v) is 1.92. The van der Waals surface area contributed by atoms with Crippen molar-refractivity contribution in [3.05, 3.63) is 35.1 Å². The molecule has 0 bridgehead atoms. The van der Waals surface area contributed by atoms with Crippen LogP contribution in [0.25, 0.3) is 0 Å². The quantitative estimate of drug-likeness (QED) is 0.940. The predicted molar refractivity (Wildman–Crippen MR) is 75.7 cm³/mol. The summed E-state index contributed by atoms with van der Waals surface area (Å²) in [7, 11) is 4.74. The van der Waals surface area contributed by atoms with Gasteiger partial charge in [-0.05, 0) is 0 Å². The summed E-state index contributed by atoms with van der Waals surface area (Å²) in [6.07, 6.45) is 3.10. The van der Waals surface area contributed by atoms with E-state index in [0.717, 1.165) is 0 Å². The minimum Gasteiger partial charge on any atom is -0.495 e. The van der Waals surface area contributed by atoms with E-state index in [4.69, 9.17) is 21.1 Å². The predicted octanol–water partition coefficient (Wildman–Crippen LogP) is 2.34. The number of aromatic nitrogens is 2. The number of hydrogen-bond acceptors (Lipinski definition) is 4. The molecule has 2 rings (SSSR count). The molecule has 7 heteroatoms. The Balaban J connectivity index is 2.30. The highest BCUT2D eigenvalue weighted by molar-refractivity contribution is 6.32. The molecule has 6 nitrogen and oxygen atoms in total. The number of aryl methyl sites for hydroxylation is 1. The molecular formula is C13H14ClN3O3. The maximum atomic E-state index is 12.1. The maximum absolute atomic E-state index is 12.1. The van der Waals surface area contributed by atoms with Crippen LogP contribution < -0.4 is 14.8 Å². The standard InChI is InChI=1S/C13H14ClN3O3/c1-17-7-8(6-15-17)13(18)16-10-5-11(19-2)9(14)4-12(10)20-3/h4-7H,1-3H3,(H,16,18). The van der Waals surface area contributed by atoms with Crippen LogP contribution in [0.15, 0.2) is 24.5 Å². The van der Waals surface area contributed by atoms with Crippen molar-refractivity contribution < 1.29 is 14.3 Å². The number of carbonyl (C=O) groups is 1. The van der Waals surface area contributed by atoms with E-state index in [2.05, 4.69) is 10.4 Å². The molecule has 0 aliphatic rings. The largest absolute Gasteiger partial charge is 0.495 e. The smallest absolute Gasteiger partial charge is 0.258 e. The molecule has 1 N–H and O–H groups in total. The van der Waals surface area contributed by atoms with Gasteiger partial charge in [0.2, 0.25) is 0 Å². The Hall–Kier alpha value is -2.21. The van der Waals surface area contributed by atoms with Gasteiger partial charge in [-0.2, -0.15) is 5.10 Å². The number of rotatable bonds is 4. The zero-order valence-corrected chi connectivity index (χ0v) is 12.1. The van der Waals surface area contributed by atoms with E-state index in [0.29, 0.717) is 27.8 Å². The number of nitrogens with one attached hydrogen (secondary N) is 1. The Morgan fingerprint density at radius 1 is 1.30 bits per heavy atom. The molecule has 0 saturated heterocycles. The molecular weight excluding hydrogens is 282 g/mol. The van der Waals surface area contributed by atoms with Crippen LogP contribution in [0.3, 0.4) is 0 Å². The topological polar surface area (TPSA) is 65.4 Å². The van der Waals surface area contributed by atoms with Gasteiger partial charge in [0, 0.05) is 25.4 Å². The summed E-state index contributed by atoms with van der Waals surface area (Å²) in [5, 5.41) is 7.09. The molecule has 1 heterocycles. The summed E-state index contributed by atoms with van der Waals surface area (Å²) in [5.41, 5.74) is 0.922. The van der Waals surface area contributed by atoms with Crippen LogP contribution in [0.5, 0.6) is 11.5 Å². The van der Waals surface area contributed by atoms with E-state index in [1.807, 2.05) is 0 Å². The lowest BCUT2D eigenvalue weighted by Crippen LogP contribution is -2.12. The average Bonchev–Trinajstić information content (AvgIpc) is 2.87. The Labute approximate surface area is 121 Å². The van der Waals surface area contributed by atoms with Gasteiger partial charge in [0.05, 0.1) is 36.7 Å². The van der Waals surface area contributed by atoms with Crippen LogP contribution in [0, 0.1) is 0 Å². The van der Waals surface area contributed by atoms with Gasteiger partial charge in [-0.1, -0.05) is 11.6 Å². The van der Waals surface area contributed by atoms with E-state index in [-0.39, 0.29) is 5.91 Å². The van der Waals surface area contributed by atoms with Gasteiger partial charge in [0.1, 0.15) is 11.5 Å². The second kappa shape index (κ2) is 5.83. The fourth-order valence-electron chi connectivity index (χ4n) is 1.69. The van der Waals surface area contributed by atoms with Crippen molar-refractivity contribution in [3.63, 3.8) is 0 Å². The third kappa shape index (κ3) is 2.85. The zero-order valence-electron chi connectivity index (χ0n) is 11.3. The van der Waals surface area contributed by atoms with Gasteiger partial charge >= 0.3 is 0 Å². The van der Waals surface area contributed by atoms with Gasteiger partial charge in [-0.25, -0.2) is 0 Å². The van der Waals surface area contributed by atoms with Crippen molar-refractivity contribution in [2.75, 3.05) is 19.5 Å². The lowest BCUT2D eigenvalue weighted by atomic mass is 10.2. The normalized spacial score (nSPS) is 10.2. The highest BCUT2D eigenvalue weighted by Crippen LogP contribution is 2.36. The molecule has 1 aromatic carbocycles. The Morgan fingerprint density at radius 3 is 2.55 bits per heavy atom. The fraction of sp³-hybridized carbons (Fsp3) is 0.231. The summed E-state index contributed by atoms with van der Waals surface area (Å²) in [5.74, 6) is 0.614. The molecule has 0 atom stereocenters. The van der Waals surface area contributed by atoms with Crippen molar-refractivity contribution >= 4 is 23.2 Å². The van der Waals surface area contributed by atoms with E-state index >= 15 is 0 Å². The average molecular weight is 296 g/mol. The molecule has 20 heavy (non-hydrogen) atoms. The summed E-state index contributed by atoms with van der Waals surface area (Å²) >= 11 is 6.01. The Bertz CT molecular complexity index is 640. The number of anilines is 1. The molecule has 0 aliphatic heterocycles. The SMILES string of the molecule is COc1cc(NC(=O)c2cnn(C)c2)c(OC)cc1Cl. The number of ether oxygens (including phenoxy) is 2. The Morgan fingerprint density at radius 2 is 2.00 bits per heavy atom. The molecule has 0 saturated carbocycles. The third-order valence-corrected chi connectivity index (χ3v) is 2.98. The molecule has 0 radical (unpaired) electrons. The van der Waals surface area contributed by atoms with Gasteiger partial charge in [0.25, 0.3) is 5.91 Å². The van der Waals surface area contributed by atoms with Crippen LogP contribution in [0.4, 0.5) is 5.69 Å². The number of halogens is 1. The highest BCUT2D eigenvalue weighted by Gasteiger charge is 2.14. The Kier molecular flexibility index (Phi) is 4.14. The number of methoxy groups -OCH3 is 2. The first-order chi connectivity index (χ1) is 9.55. The molecule has 0 spiro atoms. The van der Waals surface area contributed by atoms with E-state index in [1.54, 1.807) is 30.1 Å². The second-order valence-electron chi connectivity index (χ2n) is 4.04. The molecule has 2 aromatic rings. The van der Waals surface area contributed by atoms with Crippen molar-refractivity contribution in [2.45, 2.75) is 0 Å². The molecule has 0 unspecified atom stereocenters. The number of benzene rings is 1. The number of carbonyl (C=O) groups excluding carboxylic acids is 1. The molecule has 0 fully saturated rings. The van der Waals surface area contributed by atoms with Crippen LogP contribution in [0.2, 0.25) is 5.02 Å². The molecule has 106 valence electrons. The highest BCUT2D eigenvalue weighted by atomic mass is 35.5. The van der Waals surface area contributed by atoms with E-state index in [9.17, 15) is 4.79 Å².